The van der Waals surface area contributed by atoms with Crippen LogP contribution in [0.15, 0.2) is 0 Å². The Kier molecular flexibility index (Phi) is 5.41. The van der Waals surface area contributed by atoms with Crippen LogP contribution in [0.1, 0.15) is 26.7 Å². The highest BCUT2D eigenvalue weighted by Crippen LogP contribution is 2.23. The first-order chi connectivity index (χ1) is 7.83. The molecule has 0 aromatic heterocycles. The molecule has 5 heteroatoms. The molecule has 0 bridgehead atoms. The van der Waals surface area contributed by atoms with Gasteiger partial charge >= 0.3 is 0 Å². The Hall–Kier alpha value is -0.130. The number of hydrogen-bond acceptors (Lipinski definition) is 4. The van der Waals surface area contributed by atoms with Crippen LogP contribution >= 0.6 is 0 Å². The lowest BCUT2D eigenvalue weighted by molar-refractivity contribution is 0.0451. The van der Waals surface area contributed by atoms with Crippen molar-refractivity contribution < 1.29 is 13.5 Å². The van der Waals surface area contributed by atoms with Gasteiger partial charge in [0.1, 0.15) is 9.84 Å². The van der Waals surface area contributed by atoms with Gasteiger partial charge in [0.2, 0.25) is 0 Å². The summed E-state index contributed by atoms with van der Waals surface area (Å²) in [4.78, 5) is 2.25. The molecule has 102 valence electrons. The molecular formula is C12H25NO3S. The lowest BCUT2D eigenvalue weighted by Gasteiger charge is -2.40. The van der Waals surface area contributed by atoms with Gasteiger partial charge in [0, 0.05) is 18.8 Å². The number of rotatable bonds is 5. The van der Waals surface area contributed by atoms with E-state index in [9.17, 15) is 13.5 Å². The van der Waals surface area contributed by atoms with Crippen molar-refractivity contribution in [1.82, 2.24) is 4.90 Å². The number of sulfone groups is 1. The van der Waals surface area contributed by atoms with Gasteiger partial charge in [-0.25, -0.2) is 8.42 Å². The number of piperidine rings is 1. The topological polar surface area (TPSA) is 57.6 Å². The Bertz CT molecular complexity index is 329. The SMILES string of the molecule is CC(CN1CCCC(C)C1CO)CS(C)(=O)=O. The molecule has 1 N–H and O–H groups in total. The predicted molar refractivity (Wildman–Crippen MR) is 69.7 cm³/mol. The molecule has 3 atom stereocenters. The van der Waals surface area contributed by atoms with E-state index in [1.54, 1.807) is 0 Å². The maximum absolute atomic E-state index is 11.2. The molecule has 0 spiro atoms. The summed E-state index contributed by atoms with van der Waals surface area (Å²) in [5, 5.41) is 9.42. The highest BCUT2D eigenvalue weighted by atomic mass is 32.2. The predicted octanol–water partition coefficient (Wildman–Crippen LogP) is 0.760. The van der Waals surface area contributed by atoms with Crippen LogP contribution in [0.25, 0.3) is 0 Å². The van der Waals surface area contributed by atoms with Crippen LogP contribution in [0.2, 0.25) is 0 Å². The van der Waals surface area contributed by atoms with Gasteiger partial charge in [-0.1, -0.05) is 13.8 Å². The van der Waals surface area contributed by atoms with Gasteiger partial charge in [0.15, 0.2) is 0 Å². The van der Waals surface area contributed by atoms with Gasteiger partial charge < -0.3 is 5.11 Å². The Morgan fingerprint density at radius 3 is 2.65 bits per heavy atom. The number of aliphatic hydroxyl groups excluding tert-OH is 1. The zero-order valence-electron chi connectivity index (χ0n) is 11.1. The normalized spacial score (nSPS) is 29.2. The zero-order valence-corrected chi connectivity index (χ0v) is 11.9. The van der Waals surface area contributed by atoms with Crippen LogP contribution < -0.4 is 0 Å². The first kappa shape index (κ1) is 14.9. The maximum Gasteiger partial charge on any atom is 0.147 e. The number of aliphatic hydroxyl groups is 1. The second-order valence-corrected chi connectivity index (χ2v) is 7.75. The average molecular weight is 263 g/mol. The van der Waals surface area contributed by atoms with Crippen molar-refractivity contribution in [2.45, 2.75) is 32.7 Å². The van der Waals surface area contributed by atoms with Crippen molar-refractivity contribution in [3.63, 3.8) is 0 Å². The molecule has 0 aromatic carbocycles. The van der Waals surface area contributed by atoms with Crippen molar-refractivity contribution in [2.75, 3.05) is 31.7 Å². The molecule has 3 unspecified atom stereocenters. The van der Waals surface area contributed by atoms with E-state index < -0.39 is 9.84 Å². The summed E-state index contributed by atoms with van der Waals surface area (Å²) in [6.07, 6.45) is 3.58. The van der Waals surface area contributed by atoms with Crippen LogP contribution in [0, 0.1) is 11.8 Å². The van der Waals surface area contributed by atoms with E-state index >= 15 is 0 Å². The smallest absolute Gasteiger partial charge is 0.147 e. The van der Waals surface area contributed by atoms with Crippen LogP contribution in [0.5, 0.6) is 0 Å². The molecule has 1 rings (SSSR count). The van der Waals surface area contributed by atoms with Crippen LogP contribution in [-0.2, 0) is 9.84 Å². The molecule has 17 heavy (non-hydrogen) atoms. The molecule has 0 amide bonds. The summed E-state index contributed by atoms with van der Waals surface area (Å²) in [5.41, 5.74) is 0. The van der Waals surface area contributed by atoms with Crippen molar-refractivity contribution in [1.29, 1.82) is 0 Å². The largest absolute Gasteiger partial charge is 0.395 e. The van der Waals surface area contributed by atoms with E-state index in [1.807, 2.05) is 6.92 Å². The van der Waals surface area contributed by atoms with E-state index in [1.165, 1.54) is 6.26 Å². The quantitative estimate of drug-likeness (QED) is 0.795. The Morgan fingerprint density at radius 1 is 1.47 bits per heavy atom. The van der Waals surface area contributed by atoms with Gasteiger partial charge in [-0.15, -0.1) is 0 Å². The van der Waals surface area contributed by atoms with Crippen molar-refractivity contribution in [3.05, 3.63) is 0 Å². The fraction of sp³-hybridized carbons (Fsp3) is 1.00. The molecule has 0 radical (unpaired) electrons. The monoisotopic (exact) mass is 263 g/mol. The molecular weight excluding hydrogens is 238 g/mol. The first-order valence-electron chi connectivity index (χ1n) is 6.36. The van der Waals surface area contributed by atoms with Gasteiger partial charge in [0.25, 0.3) is 0 Å². The van der Waals surface area contributed by atoms with E-state index in [2.05, 4.69) is 11.8 Å². The molecule has 1 aliphatic heterocycles. The van der Waals surface area contributed by atoms with Crippen molar-refractivity contribution in [2.24, 2.45) is 11.8 Å². The summed E-state index contributed by atoms with van der Waals surface area (Å²) in [6, 6.07) is 0.200. The minimum atomic E-state index is -2.90. The van der Waals surface area contributed by atoms with Gasteiger partial charge in [-0.05, 0) is 31.2 Å². The fourth-order valence-corrected chi connectivity index (χ4v) is 3.97. The lowest BCUT2D eigenvalue weighted by atomic mass is 9.90. The number of likely N-dealkylation sites (tertiary alicyclic amines) is 1. The second kappa shape index (κ2) is 6.16. The van der Waals surface area contributed by atoms with E-state index in [0.29, 0.717) is 5.92 Å². The average Bonchev–Trinajstić information content (AvgIpc) is 2.14. The molecule has 0 aliphatic carbocycles. The number of nitrogens with zero attached hydrogens (tertiary/aromatic N) is 1. The first-order valence-corrected chi connectivity index (χ1v) is 8.42. The van der Waals surface area contributed by atoms with Gasteiger partial charge in [-0.3, -0.25) is 4.90 Å². The maximum atomic E-state index is 11.2. The molecule has 1 saturated heterocycles. The van der Waals surface area contributed by atoms with Crippen LogP contribution in [0.4, 0.5) is 0 Å². The Morgan fingerprint density at radius 2 is 2.12 bits per heavy atom. The molecule has 0 saturated carbocycles. The third-order valence-corrected chi connectivity index (χ3v) is 4.73. The standard InChI is InChI=1S/C12H25NO3S/c1-10(9-17(3,15)16)7-13-6-4-5-11(2)12(13)8-14/h10-12,14H,4-9H2,1-3H3. The van der Waals surface area contributed by atoms with Crippen molar-refractivity contribution >= 4 is 9.84 Å². The lowest BCUT2D eigenvalue weighted by Crippen LogP contribution is -2.48. The number of hydrogen-bond donors (Lipinski definition) is 1. The minimum absolute atomic E-state index is 0.129. The summed E-state index contributed by atoms with van der Waals surface area (Å²) in [6.45, 7) is 6.04. The third kappa shape index (κ3) is 4.94. The Balaban J connectivity index is 2.54. The van der Waals surface area contributed by atoms with Crippen LogP contribution in [0.3, 0.4) is 0 Å². The highest BCUT2D eigenvalue weighted by molar-refractivity contribution is 7.90. The van der Waals surface area contributed by atoms with E-state index in [0.717, 1.165) is 25.9 Å². The molecule has 4 nitrogen and oxygen atoms in total. The second-order valence-electron chi connectivity index (χ2n) is 5.56. The van der Waals surface area contributed by atoms with Crippen LogP contribution in [-0.4, -0.2) is 56.2 Å². The summed E-state index contributed by atoms with van der Waals surface area (Å²) in [5.74, 6) is 0.860. The van der Waals surface area contributed by atoms with E-state index in [-0.39, 0.29) is 24.3 Å². The van der Waals surface area contributed by atoms with Gasteiger partial charge in [-0.2, -0.15) is 0 Å². The minimum Gasteiger partial charge on any atom is -0.395 e. The summed E-state index contributed by atoms with van der Waals surface area (Å²) in [7, 11) is -2.90. The molecule has 1 heterocycles. The third-order valence-electron chi connectivity index (χ3n) is 3.55. The molecule has 0 aromatic rings. The molecule has 1 fully saturated rings. The van der Waals surface area contributed by atoms with Crippen molar-refractivity contribution in [3.8, 4) is 0 Å². The van der Waals surface area contributed by atoms with Gasteiger partial charge in [0.05, 0.1) is 12.4 Å². The fourth-order valence-electron chi connectivity index (χ4n) is 2.83. The Labute approximate surface area is 105 Å². The zero-order chi connectivity index (χ0) is 13.1. The summed E-state index contributed by atoms with van der Waals surface area (Å²) < 4.78 is 22.5. The highest BCUT2D eigenvalue weighted by Gasteiger charge is 2.29. The summed E-state index contributed by atoms with van der Waals surface area (Å²) >= 11 is 0. The van der Waals surface area contributed by atoms with E-state index in [4.69, 9.17) is 0 Å². The molecule has 1 aliphatic rings.